The van der Waals surface area contributed by atoms with Crippen molar-refractivity contribution in [1.29, 1.82) is 0 Å². The highest BCUT2D eigenvalue weighted by Crippen LogP contribution is 2.21. The van der Waals surface area contributed by atoms with Crippen LogP contribution in [0.4, 0.5) is 0 Å². The molecule has 0 amide bonds. The van der Waals surface area contributed by atoms with Crippen LogP contribution in [0.2, 0.25) is 0 Å². The Bertz CT molecular complexity index is 424. The Kier molecular flexibility index (Phi) is 2.41. The average Bonchev–Trinajstić information content (AvgIpc) is 2.65. The smallest absolute Gasteiger partial charge is 0.233 e. The van der Waals surface area contributed by atoms with Crippen LogP contribution in [0.25, 0.3) is 10.7 Å². The van der Waals surface area contributed by atoms with E-state index < -0.39 is 0 Å². The molecule has 0 aliphatic heterocycles. The van der Waals surface area contributed by atoms with Crippen LogP contribution in [0, 0.1) is 6.92 Å². The molecule has 0 bridgehead atoms. The molecule has 0 radical (unpaired) electrons. The predicted octanol–water partition coefficient (Wildman–Crippen LogP) is 1.92. The highest BCUT2D eigenvalue weighted by atomic mass is 32.1. The second kappa shape index (κ2) is 3.71. The molecular formula is C9H9N3OS. The third-order valence-electron chi connectivity index (χ3n) is 1.69. The minimum Gasteiger partial charge on any atom is -0.480 e. The molecule has 0 spiro atoms. The summed E-state index contributed by atoms with van der Waals surface area (Å²) >= 11 is 1.56. The van der Waals surface area contributed by atoms with E-state index in [1.165, 1.54) is 0 Å². The van der Waals surface area contributed by atoms with E-state index in [2.05, 4.69) is 15.2 Å². The molecule has 0 aliphatic rings. The summed E-state index contributed by atoms with van der Waals surface area (Å²) in [7, 11) is 1.57. The number of rotatable bonds is 2. The summed E-state index contributed by atoms with van der Waals surface area (Å²) in [5.74, 6) is 0.516. The van der Waals surface area contributed by atoms with Gasteiger partial charge in [-0.2, -0.15) is 0 Å². The molecule has 5 heteroatoms. The molecule has 0 aromatic carbocycles. The number of hydrogen-bond acceptors (Lipinski definition) is 5. The van der Waals surface area contributed by atoms with Gasteiger partial charge in [-0.1, -0.05) is 0 Å². The van der Waals surface area contributed by atoms with Crippen LogP contribution in [0.1, 0.15) is 5.69 Å². The van der Waals surface area contributed by atoms with E-state index in [4.69, 9.17) is 4.74 Å². The fourth-order valence-electron chi connectivity index (χ4n) is 1.01. The van der Waals surface area contributed by atoms with E-state index in [1.807, 2.05) is 18.4 Å². The molecule has 4 nitrogen and oxygen atoms in total. The molecule has 0 saturated carbocycles. The largest absolute Gasteiger partial charge is 0.480 e. The van der Waals surface area contributed by atoms with Gasteiger partial charge in [-0.15, -0.1) is 21.5 Å². The molecule has 0 aliphatic carbocycles. The van der Waals surface area contributed by atoms with Crippen molar-refractivity contribution in [2.24, 2.45) is 0 Å². The Labute approximate surface area is 85.6 Å². The molecular weight excluding hydrogens is 198 g/mol. The maximum Gasteiger partial charge on any atom is 0.233 e. The van der Waals surface area contributed by atoms with Gasteiger partial charge in [0.25, 0.3) is 0 Å². The molecule has 2 aromatic rings. The first-order valence-electron chi connectivity index (χ1n) is 4.10. The lowest BCUT2D eigenvalue weighted by Gasteiger charge is -1.97. The Morgan fingerprint density at radius 2 is 2.14 bits per heavy atom. The summed E-state index contributed by atoms with van der Waals surface area (Å²) in [5.41, 5.74) is 1.78. The molecule has 0 N–H and O–H groups in total. The first kappa shape index (κ1) is 9.08. The first-order chi connectivity index (χ1) is 6.79. The maximum atomic E-state index is 4.92. The van der Waals surface area contributed by atoms with Crippen LogP contribution >= 0.6 is 11.3 Å². The van der Waals surface area contributed by atoms with E-state index in [0.717, 1.165) is 16.4 Å². The van der Waals surface area contributed by atoms with Crippen LogP contribution in [-0.4, -0.2) is 22.3 Å². The van der Waals surface area contributed by atoms with Crippen molar-refractivity contribution in [2.45, 2.75) is 6.92 Å². The van der Waals surface area contributed by atoms with Crippen molar-refractivity contribution in [2.75, 3.05) is 7.11 Å². The van der Waals surface area contributed by atoms with Crippen LogP contribution in [0.15, 0.2) is 17.5 Å². The summed E-state index contributed by atoms with van der Waals surface area (Å²) in [5, 5.41) is 10.8. The number of thiazole rings is 1. The zero-order chi connectivity index (χ0) is 9.97. The third-order valence-corrected chi connectivity index (χ3v) is 2.67. The summed E-state index contributed by atoms with van der Waals surface area (Å²) in [4.78, 5) is 4.31. The van der Waals surface area contributed by atoms with Gasteiger partial charge in [0.1, 0.15) is 10.7 Å². The van der Waals surface area contributed by atoms with Gasteiger partial charge in [0.05, 0.1) is 7.11 Å². The fourth-order valence-corrected chi connectivity index (χ4v) is 1.78. The van der Waals surface area contributed by atoms with Gasteiger partial charge in [-0.25, -0.2) is 4.98 Å². The molecule has 0 saturated heterocycles. The average molecular weight is 207 g/mol. The number of aromatic nitrogens is 3. The molecule has 72 valence electrons. The SMILES string of the molecule is COc1ccc(-c2nc(C)cs2)nn1. The monoisotopic (exact) mass is 207 g/mol. The molecule has 0 atom stereocenters. The Morgan fingerprint density at radius 1 is 1.29 bits per heavy atom. The first-order valence-corrected chi connectivity index (χ1v) is 4.98. The molecule has 2 aromatic heterocycles. The van der Waals surface area contributed by atoms with Crippen LogP contribution in [0.3, 0.4) is 0 Å². The Morgan fingerprint density at radius 3 is 2.64 bits per heavy atom. The zero-order valence-electron chi connectivity index (χ0n) is 7.89. The quantitative estimate of drug-likeness (QED) is 0.754. The molecule has 14 heavy (non-hydrogen) atoms. The van der Waals surface area contributed by atoms with Crippen molar-refractivity contribution in [3.05, 3.63) is 23.2 Å². The van der Waals surface area contributed by atoms with Gasteiger partial charge >= 0.3 is 0 Å². The topological polar surface area (TPSA) is 47.9 Å². The molecule has 2 heterocycles. The van der Waals surface area contributed by atoms with Crippen molar-refractivity contribution in [3.8, 4) is 16.6 Å². The number of hydrogen-bond donors (Lipinski definition) is 0. The number of methoxy groups -OCH3 is 1. The van der Waals surface area contributed by atoms with E-state index in [0.29, 0.717) is 5.88 Å². The van der Waals surface area contributed by atoms with E-state index in [1.54, 1.807) is 24.5 Å². The third kappa shape index (κ3) is 1.72. The number of ether oxygens (including phenoxy) is 1. The lowest BCUT2D eigenvalue weighted by molar-refractivity contribution is 0.392. The highest BCUT2D eigenvalue weighted by Gasteiger charge is 2.04. The van der Waals surface area contributed by atoms with Gasteiger partial charge in [0, 0.05) is 17.1 Å². The predicted molar refractivity (Wildman–Crippen MR) is 54.4 cm³/mol. The summed E-state index contributed by atoms with van der Waals surface area (Å²) in [6, 6.07) is 3.63. The van der Waals surface area contributed by atoms with Gasteiger partial charge < -0.3 is 4.74 Å². The molecule has 2 rings (SSSR count). The zero-order valence-corrected chi connectivity index (χ0v) is 8.71. The molecule has 0 fully saturated rings. The minimum absolute atomic E-state index is 0.516. The van der Waals surface area contributed by atoms with E-state index in [-0.39, 0.29) is 0 Å². The lowest BCUT2D eigenvalue weighted by Crippen LogP contribution is -1.91. The number of nitrogens with zero attached hydrogens (tertiary/aromatic N) is 3. The Balaban J connectivity index is 2.33. The summed E-state index contributed by atoms with van der Waals surface area (Å²) < 4.78 is 4.92. The van der Waals surface area contributed by atoms with Crippen molar-refractivity contribution < 1.29 is 4.74 Å². The second-order valence-electron chi connectivity index (χ2n) is 2.75. The highest BCUT2D eigenvalue weighted by molar-refractivity contribution is 7.13. The van der Waals surface area contributed by atoms with Crippen LogP contribution in [0.5, 0.6) is 5.88 Å². The summed E-state index contributed by atoms with van der Waals surface area (Å²) in [6.07, 6.45) is 0. The van der Waals surface area contributed by atoms with E-state index in [9.17, 15) is 0 Å². The van der Waals surface area contributed by atoms with Gasteiger partial charge in [0.2, 0.25) is 5.88 Å². The Hall–Kier alpha value is -1.49. The number of aryl methyl sites for hydroxylation is 1. The van der Waals surface area contributed by atoms with Crippen LogP contribution in [-0.2, 0) is 0 Å². The summed E-state index contributed by atoms with van der Waals surface area (Å²) in [6.45, 7) is 1.96. The normalized spacial score (nSPS) is 10.1. The molecule has 0 unspecified atom stereocenters. The van der Waals surface area contributed by atoms with Crippen molar-refractivity contribution in [1.82, 2.24) is 15.2 Å². The van der Waals surface area contributed by atoms with E-state index >= 15 is 0 Å². The van der Waals surface area contributed by atoms with Crippen molar-refractivity contribution >= 4 is 11.3 Å². The van der Waals surface area contributed by atoms with Gasteiger partial charge in [0.15, 0.2) is 0 Å². The standard InChI is InChI=1S/C9H9N3OS/c1-6-5-14-9(10-6)7-3-4-8(13-2)12-11-7/h3-5H,1-2H3. The second-order valence-corrected chi connectivity index (χ2v) is 3.61. The van der Waals surface area contributed by atoms with Crippen molar-refractivity contribution in [3.63, 3.8) is 0 Å². The van der Waals surface area contributed by atoms with Gasteiger partial charge in [-0.3, -0.25) is 0 Å². The fraction of sp³-hybridized carbons (Fsp3) is 0.222. The van der Waals surface area contributed by atoms with Gasteiger partial charge in [-0.05, 0) is 13.0 Å². The minimum atomic E-state index is 0.516. The van der Waals surface area contributed by atoms with Crippen LogP contribution < -0.4 is 4.74 Å². The lowest BCUT2D eigenvalue weighted by atomic mass is 10.4. The maximum absolute atomic E-state index is 4.92.